The van der Waals surface area contributed by atoms with Crippen LogP contribution in [-0.2, 0) is 13.6 Å². The first kappa shape index (κ1) is 23.5. The summed E-state index contributed by atoms with van der Waals surface area (Å²) in [5.41, 5.74) is 2.20. The van der Waals surface area contributed by atoms with Crippen molar-refractivity contribution >= 4 is 21.4 Å². The largest absolute Gasteiger partial charge is 0.477 e. The summed E-state index contributed by atoms with van der Waals surface area (Å²) in [7, 11) is 4.04. The van der Waals surface area contributed by atoms with E-state index in [-0.39, 0.29) is 5.56 Å². The number of pyridine rings is 2. The van der Waals surface area contributed by atoms with E-state index in [1.165, 1.54) is 43.4 Å². The maximum atomic E-state index is 13.0. The third kappa shape index (κ3) is 5.37. The second-order valence-corrected chi connectivity index (χ2v) is 11.2. The molecule has 1 saturated carbocycles. The first-order valence-electron chi connectivity index (χ1n) is 12.7. The Labute approximate surface area is 206 Å². The third-order valence-corrected chi connectivity index (χ3v) is 8.48. The van der Waals surface area contributed by atoms with Crippen molar-refractivity contribution in [2.75, 3.05) is 39.8 Å². The van der Waals surface area contributed by atoms with Gasteiger partial charge in [-0.1, -0.05) is 19.3 Å². The Hall–Kier alpha value is -2.22. The van der Waals surface area contributed by atoms with Gasteiger partial charge in [-0.15, -0.1) is 11.3 Å². The van der Waals surface area contributed by atoms with Crippen molar-refractivity contribution in [3.63, 3.8) is 0 Å². The van der Waals surface area contributed by atoms with E-state index in [0.717, 1.165) is 60.5 Å². The van der Waals surface area contributed by atoms with Gasteiger partial charge in [0.05, 0.1) is 12.0 Å². The van der Waals surface area contributed by atoms with Crippen LogP contribution in [0.5, 0.6) is 5.88 Å². The highest BCUT2D eigenvalue weighted by molar-refractivity contribution is 7.19. The second kappa shape index (κ2) is 10.6. The van der Waals surface area contributed by atoms with Crippen molar-refractivity contribution in [2.24, 2.45) is 13.0 Å². The van der Waals surface area contributed by atoms with Gasteiger partial charge in [-0.3, -0.25) is 9.69 Å². The van der Waals surface area contributed by atoms with E-state index in [2.05, 4.69) is 27.9 Å². The van der Waals surface area contributed by atoms with Gasteiger partial charge in [0.15, 0.2) is 0 Å². The molecule has 5 rings (SSSR count). The van der Waals surface area contributed by atoms with Crippen LogP contribution in [-0.4, -0.2) is 59.2 Å². The van der Waals surface area contributed by atoms with E-state index in [4.69, 9.17) is 4.74 Å². The number of ether oxygens (including phenoxy) is 1. The first-order chi connectivity index (χ1) is 16.6. The van der Waals surface area contributed by atoms with Gasteiger partial charge < -0.3 is 14.2 Å². The number of rotatable bonds is 6. The quantitative estimate of drug-likeness (QED) is 0.509. The molecule has 0 spiro atoms. The van der Waals surface area contributed by atoms with Gasteiger partial charge in [-0.2, -0.15) is 0 Å². The second-order valence-electron chi connectivity index (χ2n) is 10.0. The van der Waals surface area contributed by atoms with Crippen LogP contribution in [0.1, 0.15) is 43.4 Å². The molecule has 3 aromatic rings. The molecule has 0 N–H and O–H groups in total. The Morgan fingerprint density at radius 3 is 2.76 bits per heavy atom. The number of hydrogen-bond acceptors (Lipinski definition) is 6. The summed E-state index contributed by atoms with van der Waals surface area (Å²) < 4.78 is 8.88. The molecule has 6 nitrogen and oxygen atoms in total. The third-order valence-electron chi connectivity index (χ3n) is 7.33. The highest BCUT2D eigenvalue weighted by Gasteiger charge is 2.18. The molecular formula is C27H36N4O2S. The minimum Gasteiger partial charge on any atom is -0.477 e. The zero-order valence-corrected chi connectivity index (χ0v) is 21.3. The molecule has 34 heavy (non-hydrogen) atoms. The van der Waals surface area contributed by atoms with Crippen molar-refractivity contribution in [2.45, 2.75) is 45.1 Å². The average Bonchev–Trinajstić information content (AvgIpc) is 3.17. The van der Waals surface area contributed by atoms with Gasteiger partial charge in [0.1, 0.15) is 0 Å². The fraction of sp³-hybridized carbons (Fsp3) is 0.556. The van der Waals surface area contributed by atoms with E-state index in [1.54, 1.807) is 15.9 Å². The molecule has 1 aliphatic carbocycles. The van der Waals surface area contributed by atoms with Crippen LogP contribution in [0.4, 0.5) is 0 Å². The Bertz CT molecular complexity index is 1180. The minimum atomic E-state index is 0.0691. The monoisotopic (exact) mass is 480 g/mol. The lowest BCUT2D eigenvalue weighted by Crippen LogP contribution is -2.28. The topological polar surface area (TPSA) is 50.6 Å². The standard InChI is InChI=1S/C27H36N4O2S/c1-29-11-6-12-31(14-13-29)17-22-16-23-26(34-22)24(18-30(2)27(23)32)21-9-10-28-25(15-21)33-19-20-7-4-3-5-8-20/h9-10,15-16,18,20H,3-8,11-14,17,19H2,1-2H3. The van der Waals surface area contributed by atoms with Crippen LogP contribution in [0.2, 0.25) is 0 Å². The lowest BCUT2D eigenvalue weighted by molar-refractivity contribution is 0.203. The molecule has 3 aromatic heterocycles. The van der Waals surface area contributed by atoms with Crippen molar-refractivity contribution < 1.29 is 4.74 Å². The Morgan fingerprint density at radius 1 is 1.06 bits per heavy atom. The zero-order chi connectivity index (χ0) is 23.5. The highest BCUT2D eigenvalue weighted by Crippen LogP contribution is 2.35. The maximum absolute atomic E-state index is 13.0. The van der Waals surface area contributed by atoms with Crippen molar-refractivity contribution in [1.82, 2.24) is 19.4 Å². The molecular weight excluding hydrogens is 444 g/mol. The molecule has 1 aliphatic heterocycles. The number of nitrogens with zero attached hydrogens (tertiary/aromatic N) is 4. The van der Waals surface area contributed by atoms with Crippen molar-refractivity contribution in [1.29, 1.82) is 0 Å². The fourth-order valence-corrected chi connectivity index (χ4v) is 6.50. The van der Waals surface area contributed by atoms with Crippen LogP contribution >= 0.6 is 11.3 Å². The molecule has 0 aromatic carbocycles. The number of fused-ring (bicyclic) bond motifs is 1. The number of thiophene rings is 1. The van der Waals surface area contributed by atoms with Gasteiger partial charge >= 0.3 is 0 Å². The smallest absolute Gasteiger partial charge is 0.259 e. The first-order valence-corrected chi connectivity index (χ1v) is 13.5. The maximum Gasteiger partial charge on any atom is 0.259 e. The lowest BCUT2D eigenvalue weighted by atomic mass is 9.90. The zero-order valence-electron chi connectivity index (χ0n) is 20.5. The summed E-state index contributed by atoms with van der Waals surface area (Å²) in [6, 6.07) is 6.17. The lowest BCUT2D eigenvalue weighted by Gasteiger charge is -2.21. The normalized spacial score (nSPS) is 18.9. The van der Waals surface area contributed by atoms with Gasteiger partial charge in [0, 0.05) is 60.3 Å². The van der Waals surface area contributed by atoms with Gasteiger partial charge in [-0.25, -0.2) is 4.98 Å². The SMILES string of the molecule is CN1CCCN(Cc2cc3c(=O)n(C)cc(-c4ccnc(OCC5CCCCC5)c4)c3s2)CC1. The molecule has 7 heteroatoms. The molecule has 4 heterocycles. The molecule has 2 fully saturated rings. The Balaban J connectivity index is 1.40. The van der Waals surface area contributed by atoms with E-state index < -0.39 is 0 Å². The predicted octanol–water partition coefficient (Wildman–Crippen LogP) is 4.76. The summed E-state index contributed by atoms with van der Waals surface area (Å²) in [5.74, 6) is 1.32. The van der Waals surface area contributed by atoms with Crippen LogP contribution in [0, 0.1) is 5.92 Å². The van der Waals surface area contributed by atoms with Crippen LogP contribution in [0.15, 0.2) is 35.4 Å². The summed E-state index contributed by atoms with van der Waals surface area (Å²) >= 11 is 1.75. The summed E-state index contributed by atoms with van der Waals surface area (Å²) in [4.78, 5) is 23.6. The van der Waals surface area contributed by atoms with E-state index in [1.807, 2.05) is 31.6 Å². The van der Waals surface area contributed by atoms with E-state index in [9.17, 15) is 4.79 Å². The summed E-state index contributed by atoms with van der Waals surface area (Å²) in [5, 5.41) is 0.813. The molecule has 182 valence electrons. The van der Waals surface area contributed by atoms with Gasteiger partial charge in [0.25, 0.3) is 5.56 Å². The number of aryl methyl sites for hydroxylation is 1. The van der Waals surface area contributed by atoms with Crippen molar-refractivity contribution in [3.05, 3.63) is 45.8 Å². The van der Waals surface area contributed by atoms with E-state index in [0.29, 0.717) is 11.8 Å². The summed E-state index contributed by atoms with van der Waals surface area (Å²) in [6.07, 6.45) is 11.5. The number of hydrogen-bond donors (Lipinski definition) is 0. The Morgan fingerprint density at radius 2 is 1.91 bits per heavy atom. The molecule has 0 bridgehead atoms. The molecule has 0 amide bonds. The number of likely N-dealkylation sites (N-methyl/N-ethyl adjacent to an activating group) is 1. The molecule has 2 aliphatic rings. The molecule has 1 saturated heterocycles. The predicted molar refractivity (Wildman–Crippen MR) is 140 cm³/mol. The van der Waals surface area contributed by atoms with Crippen LogP contribution < -0.4 is 10.3 Å². The highest BCUT2D eigenvalue weighted by atomic mass is 32.1. The molecule has 0 atom stereocenters. The minimum absolute atomic E-state index is 0.0691. The van der Waals surface area contributed by atoms with E-state index >= 15 is 0 Å². The van der Waals surface area contributed by atoms with Gasteiger partial charge in [-0.05, 0) is 63.0 Å². The average molecular weight is 481 g/mol. The fourth-order valence-electron chi connectivity index (χ4n) is 5.28. The van der Waals surface area contributed by atoms with Crippen LogP contribution in [0.25, 0.3) is 21.2 Å². The van der Waals surface area contributed by atoms with Gasteiger partial charge in [0.2, 0.25) is 5.88 Å². The van der Waals surface area contributed by atoms with Crippen molar-refractivity contribution in [3.8, 4) is 17.0 Å². The Kier molecular flexibility index (Phi) is 7.32. The van der Waals surface area contributed by atoms with Crippen LogP contribution in [0.3, 0.4) is 0 Å². The summed E-state index contributed by atoms with van der Waals surface area (Å²) in [6.45, 7) is 6.08. The molecule has 0 radical (unpaired) electrons. The number of aromatic nitrogens is 2. The molecule has 0 unspecified atom stereocenters.